The maximum atomic E-state index is 11.9. The molecule has 1 aliphatic heterocycles. The molecule has 1 N–H and O–H groups in total. The maximum absolute atomic E-state index is 11.9. The largest absolute Gasteiger partial charge is 0.345 e. The number of hydrogen-bond acceptors (Lipinski definition) is 2. The van der Waals surface area contributed by atoms with E-state index in [1.807, 2.05) is 13.8 Å². The summed E-state index contributed by atoms with van der Waals surface area (Å²) in [5.74, 6) is -0.0170. The van der Waals surface area contributed by atoms with Crippen LogP contribution in [0.3, 0.4) is 0 Å². The summed E-state index contributed by atoms with van der Waals surface area (Å²) in [5, 5.41) is 2.74. The second-order valence-electron chi connectivity index (χ2n) is 4.38. The Morgan fingerprint density at radius 3 is 2.50 bits per heavy atom. The molecule has 14 heavy (non-hydrogen) atoms. The fourth-order valence-electron chi connectivity index (χ4n) is 1.77. The molecule has 1 aliphatic rings. The van der Waals surface area contributed by atoms with Crippen molar-refractivity contribution in [3.05, 3.63) is 12.7 Å². The highest BCUT2D eigenvalue weighted by Gasteiger charge is 2.50. The van der Waals surface area contributed by atoms with Crippen molar-refractivity contribution in [1.82, 2.24) is 5.32 Å². The molecule has 2 atom stereocenters. The van der Waals surface area contributed by atoms with Gasteiger partial charge in [0.25, 0.3) is 0 Å². The normalized spacial score (nSPS) is 32.1. The van der Waals surface area contributed by atoms with E-state index in [2.05, 4.69) is 11.9 Å². The van der Waals surface area contributed by atoms with Gasteiger partial charge in [-0.25, -0.2) is 0 Å². The van der Waals surface area contributed by atoms with Crippen molar-refractivity contribution in [3.63, 3.8) is 0 Å². The van der Waals surface area contributed by atoms with E-state index in [1.54, 1.807) is 13.0 Å². The molecule has 1 heterocycles. The van der Waals surface area contributed by atoms with Gasteiger partial charge in [-0.2, -0.15) is 0 Å². The zero-order valence-electron chi connectivity index (χ0n) is 8.96. The second kappa shape index (κ2) is 3.56. The van der Waals surface area contributed by atoms with E-state index in [9.17, 15) is 9.59 Å². The molecular weight excluding hydrogens is 178 g/mol. The van der Waals surface area contributed by atoms with Gasteiger partial charge in [0.1, 0.15) is 5.41 Å². The summed E-state index contributed by atoms with van der Waals surface area (Å²) in [7, 11) is 0. The predicted octanol–water partition coefficient (Wildman–Crippen LogP) is 1.29. The fraction of sp³-hybridized carbons (Fsp3) is 0.636. The summed E-state index contributed by atoms with van der Waals surface area (Å²) >= 11 is 0. The summed E-state index contributed by atoms with van der Waals surface area (Å²) in [6.07, 6.45) is 2.04. The molecule has 1 amide bonds. The van der Waals surface area contributed by atoms with Crippen LogP contribution in [0.2, 0.25) is 0 Å². The van der Waals surface area contributed by atoms with E-state index < -0.39 is 5.41 Å². The number of ketones is 1. The molecule has 1 rings (SSSR count). The zero-order chi connectivity index (χ0) is 10.9. The van der Waals surface area contributed by atoms with Crippen LogP contribution in [0.1, 0.15) is 27.2 Å². The van der Waals surface area contributed by atoms with Crippen molar-refractivity contribution in [1.29, 1.82) is 0 Å². The highest BCUT2D eigenvalue weighted by Crippen LogP contribution is 2.32. The third kappa shape index (κ3) is 1.47. The highest BCUT2D eigenvalue weighted by atomic mass is 16.2. The SMILES string of the molecule is C=CC[C@]1(C)C(=O)N[C@@H](C(C)C)C1=O. The molecule has 1 saturated heterocycles. The van der Waals surface area contributed by atoms with Crippen LogP contribution in [0.4, 0.5) is 0 Å². The van der Waals surface area contributed by atoms with Crippen LogP contribution in [0.15, 0.2) is 12.7 Å². The monoisotopic (exact) mass is 195 g/mol. The molecule has 0 unspecified atom stereocenters. The van der Waals surface area contributed by atoms with E-state index in [4.69, 9.17) is 0 Å². The Hall–Kier alpha value is -1.12. The molecule has 78 valence electrons. The van der Waals surface area contributed by atoms with Crippen LogP contribution in [-0.4, -0.2) is 17.7 Å². The Kier molecular flexibility index (Phi) is 2.79. The van der Waals surface area contributed by atoms with Gasteiger partial charge in [0, 0.05) is 0 Å². The van der Waals surface area contributed by atoms with E-state index in [0.29, 0.717) is 6.42 Å². The maximum Gasteiger partial charge on any atom is 0.234 e. The number of Topliss-reactive ketones (excluding diaryl/α,β-unsaturated/α-hetero) is 1. The lowest BCUT2D eigenvalue weighted by molar-refractivity contribution is -0.134. The number of allylic oxidation sites excluding steroid dienone is 1. The summed E-state index contributed by atoms with van der Waals surface area (Å²) < 4.78 is 0. The Labute approximate surface area is 84.6 Å². The molecule has 3 heteroatoms. The molecule has 0 spiro atoms. The van der Waals surface area contributed by atoms with Crippen LogP contribution < -0.4 is 5.32 Å². The minimum absolute atomic E-state index is 0.00241. The van der Waals surface area contributed by atoms with Crippen molar-refractivity contribution >= 4 is 11.7 Å². The minimum Gasteiger partial charge on any atom is -0.345 e. The summed E-state index contributed by atoms with van der Waals surface area (Å²) in [6, 6.07) is -0.326. The van der Waals surface area contributed by atoms with Crippen molar-refractivity contribution in [2.75, 3.05) is 0 Å². The van der Waals surface area contributed by atoms with Crippen molar-refractivity contribution in [3.8, 4) is 0 Å². The molecule has 0 aromatic carbocycles. The van der Waals surface area contributed by atoms with Gasteiger partial charge in [-0.15, -0.1) is 6.58 Å². The number of nitrogens with one attached hydrogen (secondary N) is 1. The number of amides is 1. The first-order chi connectivity index (χ1) is 6.43. The Bertz CT molecular complexity index is 283. The number of carbonyl (C=O) groups is 2. The van der Waals surface area contributed by atoms with Crippen molar-refractivity contribution in [2.45, 2.75) is 33.2 Å². The smallest absolute Gasteiger partial charge is 0.234 e. The Morgan fingerprint density at radius 1 is 1.57 bits per heavy atom. The topological polar surface area (TPSA) is 46.2 Å². The summed E-state index contributed by atoms with van der Waals surface area (Å²) in [6.45, 7) is 9.13. The fourth-order valence-corrected chi connectivity index (χ4v) is 1.77. The van der Waals surface area contributed by atoms with Gasteiger partial charge in [-0.3, -0.25) is 9.59 Å². The first-order valence-corrected chi connectivity index (χ1v) is 4.89. The van der Waals surface area contributed by atoms with Crippen LogP contribution in [0.25, 0.3) is 0 Å². The molecule has 0 aliphatic carbocycles. The molecule has 0 saturated carbocycles. The quantitative estimate of drug-likeness (QED) is 0.545. The molecular formula is C11H17NO2. The third-order valence-electron chi connectivity index (χ3n) is 2.83. The number of hydrogen-bond donors (Lipinski definition) is 1. The van der Waals surface area contributed by atoms with Gasteiger partial charge >= 0.3 is 0 Å². The molecule has 3 nitrogen and oxygen atoms in total. The third-order valence-corrected chi connectivity index (χ3v) is 2.83. The lowest BCUT2D eigenvalue weighted by Crippen LogP contribution is -2.34. The molecule has 0 aromatic rings. The average molecular weight is 195 g/mol. The molecule has 0 bridgehead atoms. The lowest BCUT2D eigenvalue weighted by Gasteiger charge is -2.17. The molecule has 1 fully saturated rings. The van der Waals surface area contributed by atoms with E-state index in [0.717, 1.165) is 0 Å². The van der Waals surface area contributed by atoms with Crippen molar-refractivity contribution in [2.24, 2.45) is 11.3 Å². The Balaban J connectivity index is 2.95. The second-order valence-corrected chi connectivity index (χ2v) is 4.38. The van der Waals surface area contributed by atoms with Gasteiger partial charge < -0.3 is 5.32 Å². The van der Waals surface area contributed by atoms with E-state index in [-0.39, 0.29) is 23.7 Å². The van der Waals surface area contributed by atoms with Crippen LogP contribution in [0, 0.1) is 11.3 Å². The standard InChI is InChI=1S/C11H17NO2/c1-5-6-11(4)9(13)8(7(2)3)12-10(11)14/h5,7-8H,1,6H2,2-4H3,(H,12,14)/t8-,11-/m0/s1. The zero-order valence-corrected chi connectivity index (χ0v) is 8.96. The van der Waals surface area contributed by atoms with Crippen LogP contribution in [0.5, 0.6) is 0 Å². The number of rotatable bonds is 3. The van der Waals surface area contributed by atoms with E-state index >= 15 is 0 Å². The predicted molar refractivity (Wildman–Crippen MR) is 54.7 cm³/mol. The molecule has 0 radical (unpaired) electrons. The van der Waals surface area contributed by atoms with Gasteiger partial charge in [0.05, 0.1) is 6.04 Å². The van der Waals surface area contributed by atoms with Gasteiger partial charge in [0.15, 0.2) is 5.78 Å². The van der Waals surface area contributed by atoms with Gasteiger partial charge in [-0.05, 0) is 19.3 Å². The minimum atomic E-state index is -0.892. The Morgan fingerprint density at radius 2 is 2.14 bits per heavy atom. The van der Waals surface area contributed by atoms with Gasteiger partial charge in [-0.1, -0.05) is 19.9 Å². The lowest BCUT2D eigenvalue weighted by atomic mass is 9.80. The van der Waals surface area contributed by atoms with Gasteiger partial charge in [0.2, 0.25) is 5.91 Å². The first kappa shape index (κ1) is 11.0. The number of carbonyl (C=O) groups excluding carboxylic acids is 2. The average Bonchev–Trinajstić information content (AvgIpc) is 2.31. The van der Waals surface area contributed by atoms with E-state index in [1.165, 1.54) is 0 Å². The van der Waals surface area contributed by atoms with Crippen LogP contribution in [-0.2, 0) is 9.59 Å². The summed E-state index contributed by atoms with van der Waals surface area (Å²) in [4.78, 5) is 23.6. The molecule has 0 aromatic heterocycles. The van der Waals surface area contributed by atoms with Crippen molar-refractivity contribution < 1.29 is 9.59 Å². The highest BCUT2D eigenvalue weighted by molar-refractivity contribution is 6.14. The van der Waals surface area contributed by atoms with Crippen LogP contribution >= 0.6 is 0 Å². The first-order valence-electron chi connectivity index (χ1n) is 4.89. The summed E-state index contributed by atoms with van der Waals surface area (Å²) in [5.41, 5.74) is -0.892.